The number of hydrogen-bond acceptors (Lipinski definition) is 1. The Morgan fingerprint density at radius 2 is 1.25 bits per heavy atom. The standard InChI is InChI=1S/C19H17N/c1-3-10-18(11-4-1)14-7-8-16-20-17-9-15-19-12-5-2-6-13-19/h1-6,10-13,20H,8,16-17H2. The average Bonchev–Trinajstić information content (AvgIpc) is 2.52. The third-order valence-corrected chi connectivity index (χ3v) is 2.65. The molecule has 98 valence electrons. The Morgan fingerprint density at radius 1 is 0.700 bits per heavy atom. The molecule has 1 nitrogen and oxygen atoms in total. The van der Waals surface area contributed by atoms with Gasteiger partial charge in [0.15, 0.2) is 0 Å². The summed E-state index contributed by atoms with van der Waals surface area (Å²) in [6, 6.07) is 20.1. The van der Waals surface area contributed by atoms with Crippen LogP contribution in [0.1, 0.15) is 17.5 Å². The SMILES string of the molecule is C(#Cc1ccccc1)CCNCC#Cc1ccccc1. The minimum atomic E-state index is 0.696. The average molecular weight is 259 g/mol. The highest BCUT2D eigenvalue weighted by molar-refractivity contribution is 5.34. The van der Waals surface area contributed by atoms with E-state index in [-0.39, 0.29) is 0 Å². The van der Waals surface area contributed by atoms with Crippen LogP contribution in [0.2, 0.25) is 0 Å². The summed E-state index contributed by atoms with van der Waals surface area (Å²) < 4.78 is 0. The van der Waals surface area contributed by atoms with E-state index >= 15 is 0 Å². The first-order valence-corrected chi connectivity index (χ1v) is 6.74. The summed E-state index contributed by atoms with van der Waals surface area (Å²) in [7, 11) is 0. The molecule has 20 heavy (non-hydrogen) atoms. The zero-order valence-corrected chi connectivity index (χ0v) is 11.4. The summed E-state index contributed by atoms with van der Waals surface area (Å²) in [5, 5.41) is 3.27. The lowest BCUT2D eigenvalue weighted by Crippen LogP contribution is -2.14. The van der Waals surface area contributed by atoms with Crippen molar-refractivity contribution in [3.05, 3.63) is 71.8 Å². The Hall–Kier alpha value is -2.48. The van der Waals surface area contributed by atoms with E-state index < -0.39 is 0 Å². The number of nitrogens with one attached hydrogen (secondary N) is 1. The van der Waals surface area contributed by atoms with E-state index in [0.717, 1.165) is 24.1 Å². The molecule has 0 saturated carbocycles. The molecule has 0 radical (unpaired) electrons. The number of benzene rings is 2. The van der Waals surface area contributed by atoms with Crippen LogP contribution in [0.25, 0.3) is 0 Å². The largest absolute Gasteiger partial charge is 0.305 e. The molecule has 0 aliphatic rings. The monoisotopic (exact) mass is 259 g/mol. The predicted octanol–water partition coefficient (Wildman–Crippen LogP) is 3.07. The summed E-state index contributed by atoms with van der Waals surface area (Å²) in [4.78, 5) is 0. The highest BCUT2D eigenvalue weighted by Gasteiger charge is 1.84. The molecule has 0 aromatic heterocycles. The molecule has 1 heteroatoms. The Balaban J connectivity index is 1.63. The van der Waals surface area contributed by atoms with Gasteiger partial charge in [-0.3, -0.25) is 0 Å². The molecule has 0 unspecified atom stereocenters. The van der Waals surface area contributed by atoms with E-state index in [1.807, 2.05) is 60.7 Å². The number of hydrogen-bond donors (Lipinski definition) is 1. The lowest BCUT2D eigenvalue weighted by atomic mass is 10.2. The molecule has 0 saturated heterocycles. The molecule has 2 rings (SSSR count). The minimum absolute atomic E-state index is 0.696. The van der Waals surface area contributed by atoms with E-state index in [1.165, 1.54) is 0 Å². The van der Waals surface area contributed by atoms with E-state index in [2.05, 4.69) is 29.0 Å². The fraction of sp³-hybridized carbons (Fsp3) is 0.158. The van der Waals surface area contributed by atoms with Crippen LogP contribution in [0, 0.1) is 23.7 Å². The van der Waals surface area contributed by atoms with Gasteiger partial charge >= 0.3 is 0 Å². The Morgan fingerprint density at radius 3 is 1.85 bits per heavy atom. The lowest BCUT2D eigenvalue weighted by molar-refractivity contribution is 0.774. The highest BCUT2D eigenvalue weighted by Crippen LogP contribution is 1.95. The summed E-state index contributed by atoms with van der Waals surface area (Å²) in [5.74, 6) is 12.5. The Bertz CT molecular complexity index is 562. The highest BCUT2D eigenvalue weighted by atomic mass is 14.8. The first-order chi connectivity index (χ1) is 9.95. The molecule has 2 aromatic rings. The molecule has 0 spiro atoms. The van der Waals surface area contributed by atoms with Crippen LogP contribution in [0.15, 0.2) is 60.7 Å². The van der Waals surface area contributed by atoms with E-state index in [1.54, 1.807) is 0 Å². The van der Waals surface area contributed by atoms with Crippen molar-refractivity contribution in [3.8, 4) is 23.7 Å². The molecule has 0 bridgehead atoms. The second-order valence-corrected chi connectivity index (χ2v) is 4.26. The maximum atomic E-state index is 3.27. The maximum Gasteiger partial charge on any atom is 0.0580 e. The quantitative estimate of drug-likeness (QED) is 0.660. The van der Waals surface area contributed by atoms with Gasteiger partial charge in [-0.15, -0.1) is 0 Å². The van der Waals surface area contributed by atoms with E-state index in [4.69, 9.17) is 0 Å². The van der Waals surface area contributed by atoms with Gasteiger partial charge < -0.3 is 5.32 Å². The van der Waals surface area contributed by atoms with Gasteiger partial charge in [-0.25, -0.2) is 0 Å². The fourth-order valence-corrected chi connectivity index (χ4v) is 1.66. The first-order valence-electron chi connectivity index (χ1n) is 6.74. The van der Waals surface area contributed by atoms with Crippen molar-refractivity contribution < 1.29 is 0 Å². The van der Waals surface area contributed by atoms with Gasteiger partial charge in [-0.05, 0) is 24.3 Å². The summed E-state index contributed by atoms with van der Waals surface area (Å²) >= 11 is 0. The van der Waals surface area contributed by atoms with Crippen LogP contribution in [0.3, 0.4) is 0 Å². The Kier molecular flexibility index (Phi) is 5.99. The van der Waals surface area contributed by atoms with Crippen molar-refractivity contribution in [1.82, 2.24) is 5.32 Å². The van der Waals surface area contributed by atoms with Crippen molar-refractivity contribution in [2.45, 2.75) is 6.42 Å². The van der Waals surface area contributed by atoms with Crippen molar-refractivity contribution >= 4 is 0 Å². The van der Waals surface area contributed by atoms with Crippen LogP contribution in [-0.4, -0.2) is 13.1 Å². The van der Waals surface area contributed by atoms with Gasteiger partial charge in [0.05, 0.1) is 6.54 Å². The van der Waals surface area contributed by atoms with Crippen molar-refractivity contribution in [2.24, 2.45) is 0 Å². The molecule has 2 aromatic carbocycles. The molecule has 0 atom stereocenters. The predicted molar refractivity (Wildman–Crippen MR) is 84.1 cm³/mol. The first kappa shape index (κ1) is 13.9. The normalized spacial score (nSPS) is 9.00. The van der Waals surface area contributed by atoms with Gasteiger partial charge in [0.1, 0.15) is 0 Å². The molecule has 0 amide bonds. The number of rotatable bonds is 3. The molecular weight excluding hydrogens is 242 g/mol. The smallest absolute Gasteiger partial charge is 0.0580 e. The molecule has 0 aliphatic carbocycles. The molecule has 1 N–H and O–H groups in total. The second-order valence-electron chi connectivity index (χ2n) is 4.26. The van der Waals surface area contributed by atoms with Gasteiger partial charge in [0, 0.05) is 24.1 Å². The van der Waals surface area contributed by atoms with Crippen molar-refractivity contribution in [1.29, 1.82) is 0 Å². The second kappa shape index (κ2) is 8.59. The van der Waals surface area contributed by atoms with Gasteiger partial charge in [0.25, 0.3) is 0 Å². The molecule has 0 aliphatic heterocycles. The van der Waals surface area contributed by atoms with Crippen LogP contribution in [0.4, 0.5) is 0 Å². The maximum absolute atomic E-state index is 3.27. The molecular formula is C19H17N. The topological polar surface area (TPSA) is 12.0 Å². The van der Waals surface area contributed by atoms with Gasteiger partial charge in [0.2, 0.25) is 0 Å². The van der Waals surface area contributed by atoms with Crippen LogP contribution in [-0.2, 0) is 0 Å². The zero-order chi connectivity index (χ0) is 13.9. The molecule has 0 fully saturated rings. The van der Waals surface area contributed by atoms with Gasteiger partial charge in [-0.2, -0.15) is 0 Å². The fourth-order valence-electron chi connectivity index (χ4n) is 1.66. The third-order valence-electron chi connectivity index (χ3n) is 2.65. The van der Waals surface area contributed by atoms with E-state index in [0.29, 0.717) is 6.54 Å². The van der Waals surface area contributed by atoms with Gasteiger partial charge in [-0.1, -0.05) is 60.1 Å². The summed E-state index contributed by atoms with van der Waals surface area (Å²) in [6.07, 6.45) is 0.835. The Labute approximate surface area is 121 Å². The van der Waals surface area contributed by atoms with Crippen LogP contribution >= 0.6 is 0 Å². The van der Waals surface area contributed by atoms with E-state index in [9.17, 15) is 0 Å². The molecule has 0 heterocycles. The van der Waals surface area contributed by atoms with Crippen molar-refractivity contribution in [3.63, 3.8) is 0 Å². The summed E-state index contributed by atoms with van der Waals surface area (Å²) in [6.45, 7) is 1.56. The minimum Gasteiger partial charge on any atom is -0.305 e. The third kappa shape index (κ3) is 5.44. The lowest BCUT2D eigenvalue weighted by Gasteiger charge is -1.94. The van der Waals surface area contributed by atoms with Crippen LogP contribution < -0.4 is 5.32 Å². The zero-order valence-electron chi connectivity index (χ0n) is 11.4. The van der Waals surface area contributed by atoms with Crippen LogP contribution in [0.5, 0.6) is 0 Å². The summed E-state index contributed by atoms with van der Waals surface area (Å²) in [5.41, 5.74) is 2.12. The van der Waals surface area contributed by atoms with Crippen molar-refractivity contribution in [2.75, 3.05) is 13.1 Å².